The van der Waals surface area contributed by atoms with E-state index in [2.05, 4.69) is 62.2 Å². The lowest BCUT2D eigenvalue weighted by Crippen LogP contribution is -2.51. The Hall–Kier alpha value is -0.910. The van der Waals surface area contributed by atoms with Crippen LogP contribution in [-0.2, 0) is 4.79 Å². The number of nitrogens with zero attached hydrogens (tertiary/aromatic N) is 2. The van der Waals surface area contributed by atoms with Crippen LogP contribution in [0.3, 0.4) is 0 Å². The van der Waals surface area contributed by atoms with Gasteiger partial charge in [0, 0.05) is 43.2 Å². The molecule has 2 aliphatic rings. The van der Waals surface area contributed by atoms with Crippen LogP contribution >= 0.6 is 15.9 Å². The molecule has 2 heterocycles. The average Bonchev–Trinajstić information content (AvgIpc) is 3.09. The van der Waals surface area contributed by atoms with Gasteiger partial charge >= 0.3 is 0 Å². The zero-order valence-corrected chi connectivity index (χ0v) is 14.7. The summed E-state index contributed by atoms with van der Waals surface area (Å²) in [5.74, 6) is 0.552. The van der Waals surface area contributed by atoms with E-state index >= 15 is 0 Å². The van der Waals surface area contributed by atoms with Gasteiger partial charge in [-0.1, -0.05) is 28.1 Å². The number of piperazine rings is 1. The van der Waals surface area contributed by atoms with Gasteiger partial charge in [0.05, 0.1) is 5.92 Å². The van der Waals surface area contributed by atoms with Gasteiger partial charge in [0.1, 0.15) is 0 Å². The summed E-state index contributed by atoms with van der Waals surface area (Å²) in [4.78, 5) is 17.0. The van der Waals surface area contributed by atoms with E-state index in [-0.39, 0.29) is 5.92 Å². The molecule has 2 unspecified atom stereocenters. The molecule has 2 aliphatic heterocycles. The van der Waals surface area contributed by atoms with E-state index in [1.165, 1.54) is 5.56 Å². The molecule has 0 aromatic heterocycles. The first-order chi connectivity index (χ1) is 10.6. The highest BCUT2D eigenvalue weighted by Crippen LogP contribution is 2.24. The third-order valence-corrected chi connectivity index (χ3v) is 5.46. The Kier molecular flexibility index (Phi) is 5.16. The van der Waals surface area contributed by atoms with Gasteiger partial charge in [0.2, 0.25) is 5.91 Å². The fourth-order valence-corrected chi connectivity index (χ4v) is 3.67. The van der Waals surface area contributed by atoms with Crippen LogP contribution in [0.25, 0.3) is 0 Å². The predicted molar refractivity (Wildman–Crippen MR) is 91.7 cm³/mol. The predicted octanol–water partition coefficient (Wildman–Crippen LogP) is 2.26. The molecule has 2 atom stereocenters. The molecular formula is C17H24BrN3O. The Morgan fingerprint density at radius 1 is 1.23 bits per heavy atom. The molecule has 0 spiro atoms. The van der Waals surface area contributed by atoms with Crippen molar-refractivity contribution in [1.82, 2.24) is 15.1 Å². The minimum Gasteiger partial charge on any atom is -0.340 e. The van der Waals surface area contributed by atoms with Gasteiger partial charge in [0.15, 0.2) is 0 Å². The summed E-state index contributed by atoms with van der Waals surface area (Å²) in [6, 6.07) is 8.95. The minimum atomic E-state index is 0.204. The van der Waals surface area contributed by atoms with Crippen LogP contribution in [0.4, 0.5) is 0 Å². The van der Waals surface area contributed by atoms with Crippen LogP contribution in [0.5, 0.6) is 0 Å². The van der Waals surface area contributed by atoms with Crippen LogP contribution in [-0.4, -0.2) is 55.0 Å². The lowest BCUT2D eigenvalue weighted by atomic mass is 10.0. The number of hydrogen-bond acceptors (Lipinski definition) is 3. The lowest BCUT2D eigenvalue weighted by Gasteiger charge is -2.39. The summed E-state index contributed by atoms with van der Waals surface area (Å²) in [6.45, 7) is 7.73. The molecule has 120 valence electrons. The number of halogens is 1. The maximum absolute atomic E-state index is 12.4. The van der Waals surface area contributed by atoms with Gasteiger partial charge in [0.25, 0.3) is 0 Å². The highest BCUT2D eigenvalue weighted by Gasteiger charge is 2.30. The van der Waals surface area contributed by atoms with Crippen LogP contribution in [0.2, 0.25) is 0 Å². The molecule has 1 aromatic rings. The second-order valence-corrected chi connectivity index (χ2v) is 7.19. The molecule has 1 N–H and O–H groups in total. The van der Waals surface area contributed by atoms with E-state index in [1.807, 2.05) is 0 Å². The monoisotopic (exact) mass is 365 g/mol. The Balaban J connectivity index is 1.54. The van der Waals surface area contributed by atoms with Crippen molar-refractivity contribution in [3.05, 3.63) is 34.3 Å². The highest BCUT2D eigenvalue weighted by atomic mass is 79.9. The lowest BCUT2D eigenvalue weighted by molar-refractivity contribution is -0.137. The molecule has 2 saturated heterocycles. The van der Waals surface area contributed by atoms with Crippen molar-refractivity contribution in [2.24, 2.45) is 5.92 Å². The third-order valence-electron chi connectivity index (χ3n) is 4.94. The molecule has 3 rings (SSSR count). The highest BCUT2D eigenvalue weighted by molar-refractivity contribution is 9.10. The van der Waals surface area contributed by atoms with Crippen LogP contribution < -0.4 is 5.32 Å². The van der Waals surface area contributed by atoms with E-state index < -0.39 is 0 Å². The van der Waals surface area contributed by atoms with Crippen molar-refractivity contribution in [1.29, 1.82) is 0 Å². The maximum atomic E-state index is 12.4. The zero-order chi connectivity index (χ0) is 15.5. The smallest absolute Gasteiger partial charge is 0.227 e. The van der Waals surface area contributed by atoms with Crippen molar-refractivity contribution in [3.8, 4) is 0 Å². The third kappa shape index (κ3) is 3.53. The second kappa shape index (κ2) is 7.11. The molecule has 0 aliphatic carbocycles. The summed E-state index contributed by atoms with van der Waals surface area (Å²) in [5, 5.41) is 3.28. The topological polar surface area (TPSA) is 35.6 Å². The number of rotatable bonds is 3. The van der Waals surface area contributed by atoms with Gasteiger partial charge in [-0.2, -0.15) is 0 Å². The summed E-state index contributed by atoms with van der Waals surface area (Å²) in [6.07, 6.45) is 0.994. The minimum absolute atomic E-state index is 0.204. The normalized spacial score (nSPS) is 24.5. The largest absolute Gasteiger partial charge is 0.340 e. The molecule has 2 fully saturated rings. The fourth-order valence-electron chi connectivity index (χ4n) is 3.41. The van der Waals surface area contributed by atoms with Gasteiger partial charge in [-0.3, -0.25) is 9.69 Å². The molecule has 0 bridgehead atoms. The number of amides is 1. The zero-order valence-electron chi connectivity index (χ0n) is 13.1. The van der Waals surface area contributed by atoms with E-state index in [0.29, 0.717) is 11.9 Å². The van der Waals surface area contributed by atoms with Crippen molar-refractivity contribution in [2.45, 2.75) is 19.4 Å². The van der Waals surface area contributed by atoms with Crippen LogP contribution in [0.15, 0.2) is 28.7 Å². The molecule has 0 radical (unpaired) electrons. The van der Waals surface area contributed by atoms with E-state index in [0.717, 1.165) is 50.2 Å². The Morgan fingerprint density at radius 2 is 1.91 bits per heavy atom. The molecule has 22 heavy (non-hydrogen) atoms. The summed E-state index contributed by atoms with van der Waals surface area (Å²) < 4.78 is 1.11. The first-order valence-electron chi connectivity index (χ1n) is 8.14. The quantitative estimate of drug-likeness (QED) is 0.892. The SMILES string of the molecule is CC(c1ccc(Br)cc1)N1CCN(C(=O)C2CCNC2)CC1. The average molecular weight is 366 g/mol. The number of nitrogens with one attached hydrogen (secondary N) is 1. The maximum Gasteiger partial charge on any atom is 0.227 e. The Bertz CT molecular complexity index is 505. The van der Waals surface area contributed by atoms with Gasteiger partial charge < -0.3 is 10.2 Å². The molecule has 1 amide bonds. The van der Waals surface area contributed by atoms with Gasteiger partial charge in [-0.05, 0) is 37.6 Å². The summed E-state index contributed by atoms with van der Waals surface area (Å²) in [5.41, 5.74) is 1.34. The van der Waals surface area contributed by atoms with Crippen molar-refractivity contribution < 1.29 is 4.79 Å². The standard InChI is InChI=1S/C17H24BrN3O/c1-13(14-2-4-16(18)5-3-14)20-8-10-21(11-9-20)17(22)15-6-7-19-12-15/h2-5,13,15,19H,6-12H2,1H3. The van der Waals surface area contributed by atoms with Gasteiger partial charge in [-0.25, -0.2) is 0 Å². The van der Waals surface area contributed by atoms with Crippen molar-refractivity contribution in [3.63, 3.8) is 0 Å². The summed E-state index contributed by atoms with van der Waals surface area (Å²) >= 11 is 3.48. The summed E-state index contributed by atoms with van der Waals surface area (Å²) in [7, 11) is 0. The first-order valence-corrected chi connectivity index (χ1v) is 8.93. The Morgan fingerprint density at radius 3 is 2.50 bits per heavy atom. The van der Waals surface area contributed by atoms with E-state index in [1.54, 1.807) is 0 Å². The van der Waals surface area contributed by atoms with Crippen LogP contribution in [0.1, 0.15) is 24.9 Å². The molecule has 5 heteroatoms. The number of benzene rings is 1. The number of hydrogen-bond donors (Lipinski definition) is 1. The molecule has 0 saturated carbocycles. The van der Waals surface area contributed by atoms with E-state index in [4.69, 9.17) is 0 Å². The van der Waals surface area contributed by atoms with Gasteiger partial charge in [-0.15, -0.1) is 0 Å². The van der Waals surface area contributed by atoms with Crippen molar-refractivity contribution >= 4 is 21.8 Å². The number of carbonyl (C=O) groups excluding carboxylic acids is 1. The van der Waals surface area contributed by atoms with Crippen LogP contribution in [0, 0.1) is 5.92 Å². The molecule has 1 aromatic carbocycles. The van der Waals surface area contributed by atoms with Crippen molar-refractivity contribution in [2.75, 3.05) is 39.3 Å². The molecular weight excluding hydrogens is 342 g/mol. The second-order valence-electron chi connectivity index (χ2n) is 6.28. The molecule has 4 nitrogen and oxygen atoms in total. The fraction of sp³-hybridized carbons (Fsp3) is 0.588. The first kappa shape index (κ1) is 16.0. The Labute approximate surface area is 141 Å². The number of carbonyl (C=O) groups is 1. The van der Waals surface area contributed by atoms with E-state index in [9.17, 15) is 4.79 Å².